The first-order valence-corrected chi connectivity index (χ1v) is 7.79. The van der Waals surface area contributed by atoms with Crippen molar-refractivity contribution in [2.45, 2.75) is 57.7 Å². The zero-order chi connectivity index (χ0) is 14.2. The van der Waals surface area contributed by atoms with E-state index in [1.807, 2.05) is 10.9 Å². The average Bonchev–Trinajstić information content (AvgIpc) is 2.70. The number of nitrogens with zero attached hydrogens (tertiary/aromatic N) is 2. The van der Waals surface area contributed by atoms with Crippen LogP contribution in [0.4, 0.5) is 5.69 Å². The van der Waals surface area contributed by atoms with E-state index in [1.165, 1.54) is 38.6 Å². The molecule has 2 N–H and O–H groups in total. The van der Waals surface area contributed by atoms with Gasteiger partial charge in [0.25, 0.3) is 0 Å². The molecule has 1 fully saturated rings. The summed E-state index contributed by atoms with van der Waals surface area (Å²) in [5.41, 5.74) is 1.10. The van der Waals surface area contributed by atoms with Crippen LogP contribution in [0.25, 0.3) is 0 Å². The van der Waals surface area contributed by atoms with Crippen LogP contribution in [0, 0.1) is 0 Å². The standard InChI is InChI=1S/C15H28N4O/c1-13(10-14-6-4-3-5-7-16-14)18-15-11-17-19(12-15)8-9-20-2/h11-14,16,18H,3-10H2,1-2H3. The molecule has 2 rings (SSSR count). The van der Waals surface area contributed by atoms with Crippen LogP contribution >= 0.6 is 0 Å². The van der Waals surface area contributed by atoms with E-state index in [0.29, 0.717) is 18.7 Å². The summed E-state index contributed by atoms with van der Waals surface area (Å²) in [6.45, 7) is 4.92. The van der Waals surface area contributed by atoms with Crippen molar-refractivity contribution in [2.24, 2.45) is 0 Å². The molecule has 2 unspecified atom stereocenters. The fraction of sp³-hybridized carbons (Fsp3) is 0.800. The van der Waals surface area contributed by atoms with Gasteiger partial charge >= 0.3 is 0 Å². The van der Waals surface area contributed by atoms with Crippen LogP contribution in [0.1, 0.15) is 39.0 Å². The second-order valence-corrected chi connectivity index (χ2v) is 5.77. The van der Waals surface area contributed by atoms with Gasteiger partial charge < -0.3 is 15.4 Å². The first kappa shape index (κ1) is 15.3. The lowest BCUT2D eigenvalue weighted by Crippen LogP contribution is -2.33. The minimum Gasteiger partial charge on any atom is -0.383 e. The SMILES string of the molecule is COCCn1cc(NC(C)CC2CCCCCN2)cn1. The highest BCUT2D eigenvalue weighted by atomic mass is 16.5. The van der Waals surface area contributed by atoms with Gasteiger partial charge in [0.1, 0.15) is 0 Å². The summed E-state index contributed by atoms with van der Waals surface area (Å²) in [7, 11) is 1.71. The molecule has 0 saturated carbocycles. The molecule has 1 aliphatic heterocycles. The van der Waals surface area contributed by atoms with E-state index >= 15 is 0 Å². The lowest BCUT2D eigenvalue weighted by atomic mass is 10.0. The molecule has 1 aromatic heterocycles. The zero-order valence-electron chi connectivity index (χ0n) is 12.8. The summed E-state index contributed by atoms with van der Waals surface area (Å²) in [4.78, 5) is 0. The van der Waals surface area contributed by atoms with Crippen molar-refractivity contribution in [2.75, 3.05) is 25.6 Å². The number of hydrogen-bond donors (Lipinski definition) is 2. The summed E-state index contributed by atoms with van der Waals surface area (Å²) in [5, 5.41) is 11.5. The van der Waals surface area contributed by atoms with Gasteiger partial charge in [-0.05, 0) is 32.7 Å². The van der Waals surface area contributed by atoms with Gasteiger partial charge in [-0.3, -0.25) is 4.68 Å². The van der Waals surface area contributed by atoms with Crippen LogP contribution in [-0.2, 0) is 11.3 Å². The maximum atomic E-state index is 5.06. The molecule has 0 amide bonds. The number of hydrogen-bond acceptors (Lipinski definition) is 4. The Bertz CT molecular complexity index is 372. The van der Waals surface area contributed by atoms with Crippen molar-refractivity contribution in [3.63, 3.8) is 0 Å². The number of methoxy groups -OCH3 is 1. The van der Waals surface area contributed by atoms with Crippen molar-refractivity contribution in [1.82, 2.24) is 15.1 Å². The normalized spacial score (nSPS) is 21.4. The van der Waals surface area contributed by atoms with E-state index in [2.05, 4.69) is 28.9 Å². The van der Waals surface area contributed by atoms with Gasteiger partial charge in [-0.15, -0.1) is 0 Å². The number of nitrogens with one attached hydrogen (secondary N) is 2. The first-order chi connectivity index (χ1) is 9.78. The molecule has 0 aromatic carbocycles. The highest BCUT2D eigenvalue weighted by molar-refractivity contribution is 5.39. The maximum absolute atomic E-state index is 5.06. The summed E-state index contributed by atoms with van der Waals surface area (Å²) in [6, 6.07) is 1.12. The summed E-state index contributed by atoms with van der Waals surface area (Å²) in [5.74, 6) is 0. The largest absolute Gasteiger partial charge is 0.383 e. The molecule has 5 nitrogen and oxygen atoms in total. The Morgan fingerprint density at radius 2 is 2.40 bits per heavy atom. The van der Waals surface area contributed by atoms with Gasteiger partial charge in [-0.1, -0.05) is 12.8 Å². The van der Waals surface area contributed by atoms with E-state index in [-0.39, 0.29) is 0 Å². The molecule has 1 aromatic rings. The Hall–Kier alpha value is -1.07. The van der Waals surface area contributed by atoms with E-state index in [4.69, 9.17) is 4.74 Å². The van der Waals surface area contributed by atoms with Crippen LogP contribution in [0.5, 0.6) is 0 Å². The molecule has 0 bridgehead atoms. The fourth-order valence-corrected chi connectivity index (χ4v) is 2.82. The summed E-state index contributed by atoms with van der Waals surface area (Å²) in [6.07, 6.45) is 10.5. The van der Waals surface area contributed by atoms with Crippen molar-refractivity contribution < 1.29 is 4.74 Å². The molecule has 0 aliphatic carbocycles. The highest BCUT2D eigenvalue weighted by Gasteiger charge is 2.15. The van der Waals surface area contributed by atoms with Crippen LogP contribution in [0.15, 0.2) is 12.4 Å². The van der Waals surface area contributed by atoms with E-state index in [9.17, 15) is 0 Å². The van der Waals surface area contributed by atoms with Crippen molar-refractivity contribution in [3.8, 4) is 0 Å². The first-order valence-electron chi connectivity index (χ1n) is 7.79. The number of rotatable bonds is 7. The Morgan fingerprint density at radius 3 is 3.25 bits per heavy atom. The Labute approximate surface area is 122 Å². The number of aromatic nitrogens is 2. The van der Waals surface area contributed by atoms with Crippen LogP contribution < -0.4 is 10.6 Å². The summed E-state index contributed by atoms with van der Waals surface area (Å²) >= 11 is 0. The van der Waals surface area contributed by atoms with Gasteiger partial charge in [-0.25, -0.2) is 0 Å². The Kier molecular flexibility index (Phi) is 6.33. The lowest BCUT2D eigenvalue weighted by Gasteiger charge is -2.21. The molecule has 20 heavy (non-hydrogen) atoms. The van der Waals surface area contributed by atoms with Crippen LogP contribution in [0.2, 0.25) is 0 Å². The predicted molar refractivity (Wildman–Crippen MR) is 82.1 cm³/mol. The molecule has 2 atom stereocenters. The second kappa shape index (κ2) is 8.27. The number of ether oxygens (including phenoxy) is 1. The molecule has 1 aliphatic rings. The second-order valence-electron chi connectivity index (χ2n) is 5.77. The van der Waals surface area contributed by atoms with Crippen molar-refractivity contribution in [1.29, 1.82) is 0 Å². The van der Waals surface area contributed by atoms with Gasteiger partial charge in [0.05, 0.1) is 25.0 Å². The van der Waals surface area contributed by atoms with Crippen LogP contribution in [-0.4, -0.2) is 42.1 Å². The minimum absolute atomic E-state index is 0.464. The van der Waals surface area contributed by atoms with E-state index in [0.717, 1.165) is 12.2 Å². The molecular formula is C15H28N4O. The third-order valence-electron chi connectivity index (χ3n) is 3.87. The minimum atomic E-state index is 0.464. The maximum Gasteiger partial charge on any atom is 0.0728 e. The summed E-state index contributed by atoms with van der Waals surface area (Å²) < 4.78 is 6.98. The zero-order valence-corrected chi connectivity index (χ0v) is 12.8. The van der Waals surface area contributed by atoms with E-state index < -0.39 is 0 Å². The molecule has 0 spiro atoms. The predicted octanol–water partition coefficient (Wildman–Crippen LogP) is 2.25. The van der Waals surface area contributed by atoms with Crippen molar-refractivity contribution in [3.05, 3.63) is 12.4 Å². The Balaban J connectivity index is 1.75. The third-order valence-corrected chi connectivity index (χ3v) is 3.87. The smallest absolute Gasteiger partial charge is 0.0728 e. The van der Waals surface area contributed by atoms with Gasteiger partial charge in [0, 0.05) is 25.4 Å². The molecule has 5 heteroatoms. The van der Waals surface area contributed by atoms with Gasteiger partial charge in [0.2, 0.25) is 0 Å². The topological polar surface area (TPSA) is 51.1 Å². The average molecular weight is 280 g/mol. The lowest BCUT2D eigenvalue weighted by molar-refractivity contribution is 0.183. The fourth-order valence-electron chi connectivity index (χ4n) is 2.82. The van der Waals surface area contributed by atoms with Gasteiger partial charge in [-0.2, -0.15) is 5.10 Å². The number of anilines is 1. The van der Waals surface area contributed by atoms with E-state index in [1.54, 1.807) is 7.11 Å². The molecule has 2 heterocycles. The Morgan fingerprint density at radius 1 is 1.50 bits per heavy atom. The monoisotopic (exact) mass is 280 g/mol. The molecule has 1 saturated heterocycles. The van der Waals surface area contributed by atoms with Crippen LogP contribution in [0.3, 0.4) is 0 Å². The molecular weight excluding hydrogens is 252 g/mol. The van der Waals surface area contributed by atoms with Gasteiger partial charge in [0.15, 0.2) is 0 Å². The van der Waals surface area contributed by atoms with Crippen molar-refractivity contribution >= 4 is 5.69 Å². The highest BCUT2D eigenvalue weighted by Crippen LogP contribution is 2.15. The molecule has 0 radical (unpaired) electrons. The third kappa shape index (κ3) is 5.13. The quantitative estimate of drug-likeness (QED) is 0.804. The molecule has 114 valence electrons.